The summed E-state index contributed by atoms with van der Waals surface area (Å²) in [5.74, 6) is 0.919. The lowest BCUT2D eigenvalue weighted by molar-refractivity contribution is 0.0616. The van der Waals surface area contributed by atoms with Crippen molar-refractivity contribution in [1.82, 2.24) is 20.4 Å². The second kappa shape index (κ2) is 10.3. The van der Waals surface area contributed by atoms with E-state index in [9.17, 15) is 10.2 Å². The Morgan fingerprint density at radius 1 is 1.28 bits per heavy atom. The Hall–Kier alpha value is -1.81. The van der Waals surface area contributed by atoms with E-state index in [1.54, 1.807) is 30.1 Å². The summed E-state index contributed by atoms with van der Waals surface area (Å²) in [7, 11) is 1.82. The number of benzene rings is 1. The number of fused-ring (bicyclic) bond motifs is 1. The first-order chi connectivity index (χ1) is 13.4. The molecule has 1 aliphatic carbocycles. The fourth-order valence-electron chi connectivity index (χ4n) is 3.63. The number of phenolic OH excluding ortho intramolecular Hbond substituents is 1. The summed E-state index contributed by atoms with van der Waals surface area (Å²) in [6.07, 6.45) is 7.89. The van der Waals surface area contributed by atoms with Gasteiger partial charge in [0.15, 0.2) is 5.96 Å². The number of phenols is 1. The van der Waals surface area contributed by atoms with Gasteiger partial charge >= 0.3 is 0 Å². The third kappa shape index (κ3) is 5.85. The van der Waals surface area contributed by atoms with Gasteiger partial charge in [-0.1, -0.05) is 6.07 Å². The van der Waals surface area contributed by atoms with Crippen LogP contribution in [0.5, 0.6) is 5.75 Å². The summed E-state index contributed by atoms with van der Waals surface area (Å²) in [4.78, 5) is 4.66. The predicted octanol–water partition coefficient (Wildman–Crippen LogP) is 2.59. The lowest BCUT2D eigenvalue weighted by Crippen LogP contribution is -2.44. The number of nitrogens with one attached hydrogen (secondary N) is 2. The number of aryl methyl sites for hydroxylation is 2. The first kappa shape index (κ1) is 23.5. The van der Waals surface area contributed by atoms with Crippen molar-refractivity contribution in [2.75, 3.05) is 13.1 Å². The maximum Gasteiger partial charge on any atom is 0.191 e. The SMILES string of the molecule is CCNC(=NCc1c(O)ccc2c1CCCC2)NCC(C)(O)c1cnn(C)c1.I. The van der Waals surface area contributed by atoms with Crippen molar-refractivity contribution in [3.63, 3.8) is 0 Å². The van der Waals surface area contributed by atoms with Crippen LogP contribution in [0.15, 0.2) is 29.5 Å². The highest BCUT2D eigenvalue weighted by Gasteiger charge is 2.25. The molecule has 0 aliphatic heterocycles. The first-order valence-corrected chi connectivity index (χ1v) is 9.97. The Morgan fingerprint density at radius 3 is 2.72 bits per heavy atom. The number of rotatable bonds is 6. The van der Waals surface area contributed by atoms with E-state index in [0.717, 1.165) is 30.4 Å². The van der Waals surface area contributed by atoms with Crippen molar-refractivity contribution in [2.24, 2.45) is 12.0 Å². The average Bonchev–Trinajstić information content (AvgIpc) is 3.12. The Bertz CT molecular complexity index is 848. The monoisotopic (exact) mass is 513 g/mol. The van der Waals surface area contributed by atoms with Crippen LogP contribution in [-0.4, -0.2) is 39.0 Å². The average molecular weight is 513 g/mol. The standard InChI is InChI=1S/C21H31N5O2.HI/c1-4-22-20(24-14-21(2,28)16-11-25-26(3)13-16)23-12-18-17-8-6-5-7-15(17)9-10-19(18)27;/h9-11,13,27-28H,4-8,12,14H2,1-3H3,(H2,22,23,24);1H. The molecule has 0 saturated heterocycles. The van der Waals surface area contributed by atoms with E-state index in [2.05, 4.69) is 20.7 Å². The van der Waals surface area contributed by atoms with Crippen LogP contribution in [0.3, 0.4) is 0 Å². The minimum Gasteiger partial charge on any atom is -0.508 e. The number of hydrogen-bond donors (Lipinski definition) is 4. The van der Waals surface area contributed by atoms with E-state index in [0.29, 0.717) is 31.3 Å². The Balaban J connectivity index is 0.00000300. The van der Waals surface area contributed by atoms with Crippen LogP contribution in [0, 0.1) is 0 Å². The molecule has 0 saturated carbocycles. The normalized spacial score (nSPS) is 15.8. The van der Waals surface area contributed by atoms with Gasteiger partial charge in [0.1, 0.15) is 11.4 Å². The van der Waals surface area contributed by atoms with E-state index in [-0.39, 0.29) is 24.0 Å². The van der Waals surface area contributed by atoms with Gasteiger partial charge in [-0.05, 0) is 56.7 Å². The van der Waals surface area contributed by atoms with Crippen LogP contribution in [-0.2, 0) is 32.0 Å². The maximum atomic E-state index is 10.8. The molecule has 7 nitrogen and oxygen atoms in total. The molecule has 3 rings (SSSR count). The molecule has 1 unspecified atom stereocenters. The molecule has 0 fully saturated rings. The molecule has 29 heavy (non-hydrogen) atoms. The second-order valence-corrected chi connectivity index (χ2v) is 7.63. The Labute approximate surface area is 189 Å². The van der Waals surface area contributed by atoms with E-state index >= 15 is 0 Å². The predicted molar refractivity (Wildman–Crippen MR) is 126 cm³/mol. The zero-order valence-electron chi connectivity index (χ0n) is 17.4. The van der Waals surface area contributed by atoms with Gasteiger partial charge in [-0.3, -0.25) is 4.68 Å². The smallest absolute Gasteiger partial charge is 0.191 e. The number of aliphatic hydroxyl groups is 1. The van der Waals surface area contributed by atoms with Crippen LogP contribution < -0.4 is 10.6 Å². The molecule has 1 atom stereocenters. The molecule has 1 aromatic carbocycles. The van der Waals surface area contributed by atoms with E-state index in [1.807, 2.05) is 20.0 Å². The molecular formula is C21H32IN5O2. The summed E-state index contributed by atoms with van der Waals surface area (Å²) >= 11 is 0. The highest BCUT2D eigenvalue weighted by molar-refractivity contribution is 14.0. The van der Waals surface area contributed by atoms with Gasteiger partial charge < -0.3 is 20.8 Å². The Kier molecular flexibility index (Phi) is 8.33. The van der Waals surface area contributed by atoms with Crippen LogP contribution in [0.2, 0.25) is 0 Å². The van der Waals surface area contributed by atoms with Gasteiger partial charge in [0.2, 0.25) is 0 Å². The van der Waals surface area contributed by atoms with Crippen LogP contribution in [0.4, 0.5) is 0 Å². The molecule has 0 amide bonds. The van der Waals surface area contributed by atoms with Gasteiger partial charge in [0, 0.05) is 30.9 Å². The van der Waals surface area contributed by atoms with E-state index < -0.39 is 5.60 Å². The van der Waals surface area contributed by atoms with Crippen molar-refractivity contribution in [3.8, 4) is 5.75 Å². The highest BCUT2D eigenvalue weighted by atomic mass is 127. The van der Waals surface area contributed by atoms with Crippen molar-refractivity contribution in [3.05, 3.63) is 46.8 Å². The minimum atomic E-state index is -1.07. The van der Waals surface area contributed by atoms with Crippen molar-refractivity contribution < 1.29 is 10.2 Å². The molecule has 2 aromatic rings. The van der Waals surface area contributed by atoms with Crippen molar-refractivity contribution in [2.45, 2.75) is 51.7 Å². The van der Waals surface area contributed by atoms with Gasteiger partial charge in [0.25, 0.3) is 0 Å². The minimum absolute atomic E-state index is 0. The van der Waals surface area contributed by atoms with Crippen LogP contribution >= 0.6 is 24.0 Å². The number of nitrogens with zero attached hydrogens (tertiary/aromatic N) is 3. The maximum absolute atomic E-state index is 10.8. The number of guanidine groups is 1. The van der Waals surface area contributed by atoms with Gasteiger partial charge in [0.05, 0.1) is 19.3 Å². The molecule has 1 heterocycles. The van der Waals surface area contributed by atoms with E-state index in [4.69, 9.17) is 0 Å². The summed E-state index contributed by atoms with van der Waals surface area (Å²) in [5, 5.41) is 31.7. The number of aliphatic imine (C=N–C) groups is 1. The topological polar surface area (TPSA) is 94.7 Å². The fraction of sp³-hybridized carbons (Fsp3) is 0.524. The number of aromatic nitrogens is 2. The van der Waals surface area contributed by atoms with Gasteiger partial charge in [-0.25, -0.2) is 4.99 Å². The number of hydrogen-bond acceptors (Lipinski definition) is 4. The molecule has 8 heteroatoms. The summed E-state index contributed by atoms with van der Waals surface area (Å²) in [6, 6.07) is 3.81. The third-order valence-corrected chi connectivity index (χ3v) is 5.29. The highest BCUT2D eigenvalue weighted by Crippen LogP contribution is 2.31. The zero-order valence-corrected chi connectivity index (χ0v) is 19.7. The Morgan fingerprint density at radius 2 is 2.03 bits per heavy atom. The van der Waals surface area contributed by atoms with Gasteiger partial charge in [-0.15, -0.1) is 24.0 Å². The summed E-state index contributed by atoms with van der Waals surface area (Å²) in [6.45, 7) is 5.15. The van der Waals surface area contributed by atoms with Crippen molar-refractivity contribution in [1.29, 1.82) is 0 Å². The van der Waals surface area contributed by atoms with Crippen molar-refractivity contribution >= 4 is 29.9 Å². The lowest BCUT2D eigenvalue weighted by Gasteiger charge is -2.24. The van der Waals surface area contributed by atoms with Crippen LogP contribution in [0.25, 0.3) is 0 Å². The molecule has 160 valence electrons. The summed E-state index contributed by atoms with van der Waals surface area (Å²) < 4.78 is 1.67. The molecule has 0 bridgehead atoms. The zero-order chi connectivity index (χ0) is 20.1. The van der Waals surface area contributed by atoms with Gasteiger partial charge in [-0.2, -0.15) is 5.10 Å². The largest absolute Gasteiger partial charge is 0.508 e. The first-order valence-electron chi connectivity index (χ1n) is 9.97. The number of halogens is 1. The molecule has 4 N–H and O–H groups in total. The van der Waals surface area contributed by atoms with Crippen LogP contribution in [0.1, 0.15) is 48.9 Å². The quantitative estimate of drug-likeness (QED) is 0.271. The fourth-order valence-corrected chi connectivity index (χ4v) is 3.63. The molecule has 1 aromatic heterocycles. The molecule has 1 aliphatic rings. The third-order valence-electron chi connectivity index (χ3n) is 5.29. The lowest BCUT2D eigenvalue weighted by atomic mass is 9.88. The summed E-state index contributed by atoms with van der Waals surface area (Å²) in [5.41, 5.74) is 3.15. The molecule has 0 radical (unpaired) electrons. The van der Waals surface area contributed by atoms with E-state index in [1.165, 1.54) is 17.5 Å². The second-order valence-electron chi connectivity index (χ2n) is 7.63. The molecule has 0 spiro atoms. The number of aromatic hydroxyl groups is 1. The molecular weight excluding hydrogens is 481 g/mol.